The highest BCUT2D eigenvalue weighted by atomic mass is 19.1. The summed E-state index contributed by atoms with van der Waals surface area (Å²) in [6, 6.07) is 3.99. The van der Waals surface area contributed by atoms with Crippen LogP contribution in [-0.2, 0) is 4.74 Å². The molecule has 14 heavy (non-hydrogen) atoms. The van der Waals surface area contributed by atoms with Gasteiger partial charge < -0.3 is 15.2 Å². The van der Waals surface area contributed by atoms with Crippen molar-refractivity contribution < 1.29 is 14.2 Å². The number of halogens is 1. The van der Waals surface area contributed by atoms with Gasteiger partial charge in [0, 0.05) is 18.7 Å². The van der Waals surface area contributed by atoms with Crippen LogP contribution < -0.4 is 5.32 Å². The van der Waals surface area contributed by atoms with Crippen molar-refractivity contribution in [3.63, 3.8) is 0 Å². The topological polar surface area (TPSA) is 41.5 Å². The standard InChI is InChI=1S/C10H12FNO2/c11-9-2-1-7(13)5-8(9)10-6-12-3-4-14-10/h1-2,5,10,12-13H,3-4,6H2. The lowest BCUT2D eigenvalue weighted by molar-refractivity contribution is 0.0254. The highest BCUT2D eigenvalue weighted by Gasteiger charge is 2.19. The number of benzene rings is 1. The fourth-order valence-corrected chi connectivity index (χ4v) is 1.54. The van der Waals surface area contributed by atoms with Crippen molar-refractivity contribution >= 4 is 0 Å². The van der Waals surface area contributed by atoms with Crippen molar-refractivity contribution in [1.29, 1.82) is 0 Å². The van der Waals surface area contributed by atoms with Gasteiger partial charge in [-0.2, -0.15) is 0 Å². The molecule has 1 fully saturated rings. The minimum Gasteiger partial charge on any atom is -0.508 e. The van der Waals surface area contributed by atoms with Crippen LogP contribution in [0.4, 0.5) is 4.39 Å². The lowest BCUT2D eigenvalue weighted by atomic mass is 10.1. The summed E-state index contributed by atoms with van der Waals surface area (Å²) in [5, 5.41) is 12.3. The van der Waals surface area contributed by atoms with Crippen molar-refractivity contribution in [3.8, 4) is 5.75 Å². The van der Waals surface area contributed by atoms with Gasteiger partial charge >= 0.3 is 0 Å². The molecule has 0 aromatic heterocycles. The number of hydrogen-bond donors (Lipinski definition) is 2. The number of phenolic OH excluding ortho intramolecular Hbond substituents is 1. The smallest absolute Gasteiger partial charge is 0.129 e. The Morgan fingerprint density at radius 2 is 2.36 bits per heavy atom. The van der Waals surface area contributed by atoms with E-state index < -0.39 is 0 Å². The Kier molecular flexibility index (Phi) is 2.65. The maximum absolute atomic E-state index is 13.3. The van der Waals surface area contributed by atoms with E-state index in [9.17, 15) is 9.50 Å². The summed E-state index contributed by atoms with van der Waals surface area (Å²) in [4.78, 5) is 0. The highest BCUT2D eigenvalue weighted by molar-refractivity contribution is 5.30. The summed E-state index contributed by atoms with van der Waals surface area (Å²) in [6.07, 6.45) is -0.296. The summed E-state index contributed by atoms with van der Waals surface area (Å²) in [7, 11) is 0. The van der Waals surface area contributed by atoms with Crippen LogP contribution in [0.3, 0.4) is 0 Å². The van der Waals surface area contributed by atoms with Gasteiger partial charge in [-0.05, 0) is 18.2 Å². The molecule has 0 saturated carbocycles. The first-order valence-electron chi connectivity index (χ1n) is 4.58. The molecule has 1 aliphatic heterocycles. The minimum absolute atomic E-state index is 0.0653. The van der Waals surface area contributed by atoms with Crippen molar-refractivity contribution in [2.45, 2.75) is 6.10 Å². The molecule has 1 heterocycles. The number of aromatic hydroxyl groups is 1. The fraction of sp³-hybridized carbons (Fsp3) is 0.400. The van der Waals surface area contributed by atoms with E-state index in [-0.39, 0.29) is 17.7 Å². The molecule has 1 aliphatic rings. The Morgan fingerprint density at radius 3 is 3.07 bits per heavy atom. The maximum Gasteiger partial charge on any atom is 0.129 e. The summed E-state index contributed by atoms with van der Waals surface area (Å²) in [5.41, 5.74) is 0.414. The summed E-state index contributed by atoms with van der Waals surface area (Å²) >= 11 is 0. The highest BCUT2D eigenvalue weighted by Crippen LogP contribution is 2.25. The Bertz CT molecular complexity index is 324. The average molecular weight is 197 g/mol. The van der Waals surface area contributed by atoms with E-state index >= 15 is 0 Å². The van der Waals surface area contributed by atoms with Gasteiger partial charge in [-0.3, -0.25) is 0 Å². The monoisotopic (exact) mass is 197 g/mol. The second kappa shape index (κ2) is 3.94. The van der Waals surface area contributed by atoms with E-state index in [1.54, 1.807) is 0 Å². The second-order valence-electron chi connectivity index (χ2n) is 3.27. The molecule has 1 aromatic carbocycles. The zero-order valence-corrected chi connectivity index (χ0v) is 7.66. The van der Waals surface area contributed by atoms with E-state index in [1.165, 1.54) is 18.2 Å². The normalized spacial score (nSPS) is 22.2. The zero-order chi connectivity index (χ0) is 9.97. The van der Waals surface area contributed by atoms with Gasteiger partial charge in [0.1, 0.15) is 11.6 Å². The van der Waals surface area contributed by atoms with E-state index in [1.807, 2.05) is 0 Å². The van der Waals surface area contributed by atoms with Crippen LogP contribution in [0, 0.1) is 5.82 Å². The molecule has 1 atom stereocenters. The molecule has 4 heteroatoms. The molecule has 0 spiro atoms. The Hall–Kier alpha value is -1.13. The van der Waals surface area contributed by atoms with E-state index in [2.05, 4.69) is 5.32 Å². The quantitative estimate of drug-likeness (QED) is 0.710. The van der Waals surface area contributed by atoms with E-state index in [0.717, 1.165) is 6.54 Å². The molecule has 76 valence electrons. The molecule has 0 amide bonds. The molecule has 0 radical (unpaired) electrons. The van der Waals surface area contributed by atoms with Crippen LogP contribution in [0.25, 0.3) is 0 Å². The number of rotatable bonds is 1. The lowest BCUT2D eigenvalue weighted by Crippen LogP contribution is -2.33. The molecule has 3 nitrogen and oxygen atoms in total. The zero-order valence-electron chi connectivity index (χ0n) is 7.66. The van der Waals surface area contributed by atoms with Gasteiger partial charge in [-0.15, -0.1) is 0 Å². The summed E-state index contributed by atoms with van der Waals surface area (Å²) in [5.74, 6) is -0.271. The molecule has 1 saturated heterocycles. The van der Waals surface area contributed by atoms with Crippen LogP contribution in [0.2, 0.25) is 0 Å². The van der Waals surface area contributed by atoms with Gasteiger partial charge in [0.05, 0.1) is 12.7 Å². The van der Waals surface area contributed by atoms with Gasteiger partial charge in [-0.1, -0.05) is 0 Å². The van der Waals surface area contributed by atoms with Crippen molar-refractivity contribution in [3.05, 3.63) is 29.6 Å². The van der Waals surface area contributed by atoms with Gasteiger partial charge in [0.25, 0.3) is 0 Å². The third-order valence-corrected chi connectivity index (χ3v) is 2.25. The molecular weight excluding hydrogens is 185 g/mol. The van der Waals surface area contributed by atoms with Crippen molar-refractivity contribution in [2.75, 3.05) is 19.7 Å². The predicted molar refractivity (Wildman–Crippen MR) is 49.6 cm³/mol. The number of ether oxygens (including phenoxy) is 1. The van der Waals surface area contributed by atoms with E-state index in [0.29, 0.717) is 18.7 Å². The predicted octanol–water partition coefficient (Wildman–Crippen LogP) is 1.19. The molecule has 1 unspecified atom stereocenters. The fourth-order valence-electron chi connectivity index (χ4n) is 1.54. The molecule has 0 bridgehead atoms. The van der Waals surface area contributed by atoms with Gasteiger partial charge in [0.2, 0.25) is 0 Å². The Labute approximate surface area is 81.5 Å². The molecule has 0 aliphatic carbocycles. The molecule has 2 N–H and O–H groups in total. The first kappa shape index (κ1) is 9.43. The van der Waals surface area contributed by atoms with Crippen molar-refractivity contribution in [1.82, 2.24) is 5.32 Å². The van der Waals surface area contributed by atoms with Crippen LogP contribution in [0.5, 0.6) is 5.75 Å². The third-order valence-electron chi connectivity index (χ3n) is 2.25. The third kappa shape index (κ3) is 1.86. The van der Waals surface area contributed by atoms with Crippen LogP contribution in [0.15, 0.2) is 18.2 Å². The number of phenols is 1. The van der Waals surface area contributed by atoms with Gasteiger partial charge in [0.15, 0.2) is 0 Å². The summed E-state index contributed by atoms with van der Waals surface area (Å²) < 4.78 is 18.7. The minimum atomic E-state index is -0.337. The van der Waals surface area contributed by atoms with Crippen LogP contribution in [0.1, 0.15) is 11.7 Å². The first-order chi connectivity index (χ1) is 6.77. The van der Waals surface area contributed by atoms with Crippen LogP contribution >= 0.6 is 0 Å². The SMILES string of the molecule is Oc1ccc(F)c(C2CNCCO2)c1. The second-order valence-corrected chi connectivity index (χ2v) is 3.27. The summed E-state index contributed by atoms with van der Waals surface area (Å²) in [6.45, 7) is 1.94. The molecule has 1 aromatic rings. The Morgan fingerprint density at radius 1 is 1.50 bits per heavy atom. The molecule has 2 rings (SSSR count). The van der Waals surface area contributed by atoms with Crippen molar-refractivity contribution in [2.24, 2.45) is 0 Å². The van der Waals surface area contributed by atoms with Crippen LogP contribution in [-0.4, -0.2) is 24.8 Å². The first-order valence-corrected chi connectivity index (χ1v) is 4.58. The number of hydrogen-bond acceptors (Lipinski definition) is 3. The maximum atomic E-state index is 13.3. The number of morpholine rings is 1. The van der Waals surface area contributed by atoms with E-state index in [4.69, 9.17) is 4.74 Å². The Balaban J connectivity index is 2.24. The van der Waals surface area contributed by atoms with Gasteiger partial charge in [-0.25, -0.2) is 4.39 Å². The largest absolute Gasteiger partial charge is 0.508 e. The molecular formula is C10H12FNO2. The average Bonchev–Trinajstić information content (AvgIpc) is 2.23. The lowest BCUT2D eigenvalue weighted by Gasteiger charge is -2.24. The number of nitrogens with one attached hydrogen (secondary N) is 1.